The lowest BCUT2D eigenvalue weighted by Crippen LogP contribution is -2.52. The second kappa shape index (κ2) is 5.99. The lowest BCUT2D eigenvalue weighted by atomic mass is 9.76. The lowest BCUT2D eigenvalue weighted by molar-refractivity contribution is -0.385. The molecule has 1 aliphatic carbocycles. The van der Waals surface area contributed by atoms with Gasteiger partial charge in [0.2, 0.25) is 0 Å². The maximum Gasteiger partial charge on any atom is 0.329 e. The van der Waals surface area contributed by atoms with Crippen LogP contribution >= 0.6 is 0 Å². The second-order valence-corrected chi connectivity index (χ2v) is 5.15. The average Bonchev–Trinajstić information content (AvgIpc) is 2.39. The fourth-order valence-electron chi connectivity index (χ4n) is 2.27. The maximum absolute atomic E-state index is 11.3. The third-order valence-electron chi connectivity index (χ3n) is 3.62. The largest absolute Gasteiger partial charge is 0.487 e. The highest BCUT2D eigenvalue weighted by molar-refractivity contribution is 5.84. The topological polar surface area (TPSA) is 102 Å². The molecule has 0 unspecified atom stereocenters. The van der Waals surface area contributed by atoms with Crippen LogP contribution in [-0.4, -0.2) is 28.1 Å². The van der Waals surface area contributed by atoms with Crippen molar-refractivity contribution in [1.29, 1.82) is 0 Å². The van der Waals surface area contributed by atoms with Gasteiger partial charge in [-0.2, -0.15) is 0 Å². The van der Waals surface area contributed by atoms with E-state index in [4.69, 9.17) is 4.74 Å². The minimum Gasteiger partial charge on any atom is -0.487 e. The predicted octanol–water partition coefficient (Wildman–Crippen LogP) is 2.80. The Kier molecular flexibility index (Phi) is 4.30. The van der Waals surface area contributed by atoms with E-state index < -0.39 is 16.4 Å². The summed E-state index contributed by atoms with van der Waals surface area (Å²) in [5, 5.41) is 23.2. The number of hydrogen-bond acceptors (Lipinski definition) is 5. The summed E-state index contributed by atoms with van der Waals surface area (Å²) in [4.78, 5) is 21.8. The van der Waals surface area contributed by atoms with E-state index in [1.54, 1.807) is 0 Å². The third kappa shape index (κ3) is 3.07. The minimum atomic E-state index is -0.960. The summed E-state index contributed by atoms with van der Waals surface area (Å²) >= 11 is 0. The number of ether oxygens (including phenoxy) is 1. The molecule has 1 aromatic rings. The van der Waals surface area contributed by atoms with Gasteiger partial charge in [-0.15, -0.1) is 0 Å². The van der Waals surface area contributed by atoms with Crippen molar-refractivity contribution >= 4 is 17.3 Å². The van der Waals surface area contributed by atoms with Crippen molar-refractivity contribution < 1.29 is 19.6 Å². The zero-order valence-corrected chi connectivity index (χ0v) is 11.8. The van der Waals surface area contributed by atoms with Gasteiger partial charge in [0, 0.05) is 17.8 Å². The average molecular weight is 294 g/mol. The molecule has 2 rings (SSSR count). The molecule has 0 radical (unpaired) electrons. The van der Waals surface area contributed by atoms with Crippen LogP contribution in [-0.2, 0) is 4.79 Å². The van der Waals surface area contributed by atoms with Gasteiger partial charge in [0.15, 0.2) is 5.75 Å². The molecule has 2 N–H and O–H groups in total. The summed E-state index contributed by atoms with van der Waals surface area (Å²) in [6, 6.07) is 4.35. The van der Waals surface area contributed by atoms with Gasteiger partial charge in [-0.3, -0.25) is 10.1 Å². The highest BCUT2D eigenvalue weighted by atomic mass is 16.6. The number of nitrogens with zero attached hydrogens (tertiary/aromatic N) is 1. The molecule has 0 bridgehead atoms. The van der Waals surface area contributed by atoms with E-state index in [2.05, 4.69) is 5.32 Å². The normalized spacial score (nSPS) is 15.9. The van der Waals surface area contributed by atoms with Gasteiger partial charge >= 0.3 is 11.7 Å². The molecule has 0 heterocycles. The first-order valence-electron chi connectivity index (χ1n) is 6.91. The number of aliphatic carboxylic acids is 1. The van der Waals surface area contributed by atoms with Crippen LogP contribution in [0, 0.1) is 10.1 Å². The number of anilines is 1. The summed E-state index contributed by atoms with van der Waals surface area (Å²) in [5.74, 6) is -0.741. The molecule has 0 aromatic heterocycles. The minimum absolute atomic E-state index is 0.119. The maximum atomic E-state index is 11.3. The Balaban J connectivity index is 2.24. The molecule has 7 heteroatoms. The summed E-state index contributed by atoms with van der Waals surface area (Å²) in [6.07, 6.45) is 2.67. The fourth-order valence-corrected chi connectivity index (χ4v) is 2.27. The number of carbonyl (C=O) groups is 1. The highest BCUT2D eigenvalue weighted by Gasteiger charge is 2.44. The Labute approximate surface area is 122 Å². The van der Waals surface area contributed by atoms with Crippen LogP contribution in [0.3, 0.4) is 0 Å². The molecule has 0 saturated heterocycles. The summed E-state index contributed by atoms with van der Waals surface area (Å²) in [5.41, 5.74) is -0.557. The van der Waals surface area contributed by atoms with Gasteiger partial charge in [-0.1, -0.05) is 6.92 Å². The molecule has 0 spiro atoms. The first-order valence-corrected chi connectivity index (χ1v) is 6.91. The SMILES string of the molecule is CCCOc1cc(NC2(C(=O)O)CCC2)ccc1[N+](=O)[O-]. The van der Waals surface area contributed by atoms with Crippen molar-refractivity contribution in [2.45, 2.75) is 38.1 Å². The van der Waals surface area contributed by atoms with Crippen LogP contribution in [0.15, 0.2) is 18.2 Å². The van der Waals surface area contributed by atoms with Crippen LogP contribution in [0.2, 0.25) is 0 Å². The Morgan fingerprint density at radius 2 is 2.24 bits per heavy atom. The van der Waals surface area contributed by atoms with Crippen molar-refractivity contribution in [2.24, 2.45) is 0 Å². The quantitative estimate of drug-likeness (QED) is 0.592. The number of benzene rings is 1. The molecule has 7 nitrogen and oxygen atoms in total. The van der Waals surface area contributed by atoms with Crippen molar-refractivity contribution in [3.63, 3.8) is 0 Å². The Hall–Kier alpha value is -2.31. The van der Waals surface area contributed by atoms with Gasteiger partial charge in [0.25, 0.3) is 0 Å². The first kappa shape index (κ1) is 15.1. The van der Waals surface area contributed by atoms with Gasteiger partial charge in [-0.25, -0.2) is 4.79 Å². The van der Waals surface area contributed by atoms with Crippen LogP contribution in [0.25, 0.3) is 0 Å². The van der Waals surface area contributed by atoms with Crippen molar-refractivity contribution in [1.82, 2.24) is 0 Å². The van der Waals surface area contributed by atoms with Crippen molar-refractivity contribution in [3.8, 4) is 5.75 Å². The molecular formula is C14H18N2O5. The zero-order valence-electron chi connectivity index (χ0n) is 11.8. The van der Waals surface area contributed by atoms with Crippen LogP contribution < -0.4 is 10.1 Å². The summed E-state index contributed by atoms with van der Waals surface area (Å²) in [7, 11) is 0. The summed E-state index contributed by atoms with van der Waals surface area (Å²) < 4.78 is 5.39. The molecule has 0 atom stereocenters. The lowest BCUT2D eigenvalue weighted by Gasteiger charge is -2.39. The van der Waals surface area contributed by atoms with Crippen LogP contribution in [0.5, 0.6) is 5.75 Å². The van der Waals surface area contributed by atoms with Gasteiger partial charge < -0.3 is 15.2 Å². The van der Waals surface area contributed by atoms with Gasteiger partial charge in [0.1, 0.15) is 5.54 Å². The third-order valence-corrected chi connectivity index (χ3v) is 3.62. The number of rotatable bonds is 7. The molecule has 1 aliphatic rings. The Morgan fingerprint density at radius 1 is 1.52 bits per heavy atom. The highest BCUT2D eigenvalue weighted by Crippen LogP contribution is 2.38. The van der Waals surface area contributed by atoms with E-state index in [0.29, 0.717) is 25.1 Å². The Morgan fingerprint density at radius 3 is 2.71 bits per heavy atom. The number of nitrogens with one attached hydrogen (secondary N) is 1. The van der Waals surface area contributed by atoms with E-state index >= 15 is 0 Å². The van der Waals surface area contributed by atoms with E-state index in [9.17, 15) is 20.0 Å². The van der Waals surface area contributed by atoms with E-state index in [-0.39, 0.29) is 11.4 Å². The van der Waals surface area contributed by atoms with E-state index in [1.807, 2.05) is 6.92 Å². The molecule has 1 fully saturated rings. The predicted molar refractivity (Wildman–Crippen MR) is 76.7 cm³/mol. The molecule has 1 saturated carbocycles. The van der Waals surface area contributed by atoms with Gasteiger partial charge in [-0.05, 0) is 31.7 Å². The van der Waals surface area contributed by atoms with Crippen molar-refractivity contribution in [3.05, 3.63) is 28.3 Å². The molecular weight excluding hydrogens is 276 g/mol. The number of nitro groups is 1. The molecule has 21 heavy (non-hydrogen) atoms. The number of nitro benzene ring substituents is 1. The smallest absolute Gasteiger partial charge is 0.329 e. The monoisotopic (exact) mass is 294 g/mol. The van der Waals surface area contributed by atoms with Gasteiger partial charge in [0.05, 0.1) is 11.5 Å². The van der Waals surface area contributed by atoms with Crippen LogP contribution in [0.1, 0.15) is 32.6 Å². The summed E-state index contributed by atoms with van der Waals surface area (Å²) in [6.45, 7) is 2.27. The first-order chi connectivity index (χ1) is 9.98. The molecule has 114 valence electrons. The molecule has 0 aliphatic heterocycles. The van der Waals surface area contributed by atoms with E-state index in [0.717, 1.165) is 12.8 Å². The van der Waals surface area contributed by atoms with Crippen molar-refractivity contribution in [2.75, 3.05) is 11.9 Å². The fraction of sp³-hybridized carbons (Fsp3) is 0.500. The standard InChI is InChI=1S/C14H18N2O5/c1-2-8-21-12-9-10(4-5-11(12)16(19)20)15-14(13(17)18)6-3-7-14/h4-5,9,15H,2-3,6-8H2,1H3,(H,17,18). The zero-order chi connectivity index (χ0) is 15.5. The molecule has 0 amide bonds. The number of hydrogen-bond donors (Lipinski definition) is 2. The van der Waals surface area contributed by atoms with E-state index in [1.165, 1.54) is 18.2 Å². The Bertz CT molecular complexity index is 554. The molecule has 1 aromatic carbocycles. The number of carboxylic acid groups (broad SMARTS) is 1. The van der Waals surface area contributed by atoms with Crippen LogP contribution in [0.4, 0.5) is 11.4 Å². The number of carboxylic acids is 1. The second-order valence-electron chi connectivity index (χ2n) is 5.15.